The van der Waals surface area contributed by atoms with Crippen LogP contribution in [0, 0.1) is 0 Å². The molecule has 0 aromatic rings. The van der Waals surface area contributed by atoms with Crippen LogP contribution in [0.1, 0.15) is 62.3 Å². The molecule has 18 heteroatoms. The summed E-state index contributed by atoms with van der Waals surface area (Å²) in [6.45, 7) is 16.1. The van der Waals surface area contributed by atoms with Crippen LogP contribution in [0.5, 0.6) is 0 Å². The van der Waals surface area contributed by atoms with Crippen molar-refractivity contribution >= 4 is 30.4 Å². The summed E-state index contributed by atoms with van der Waals surface area (Å²) in [5, 5.41) is 7.68. The second-order valence-corrected chi connectivity index (χ2v) is 13.6. The van der Waals surface area contributed by atoms with Gasteiger partial charge in [-0.1, -0.05) is 0 Å². The minimum Gasteiger partial charge on any atom is -0.747 e. The summed E-state index contributed by atoms with van der Waals surface area (Å²) in [7, 11) is -12.4. The summed E-state index contributed by atoms with van der Waals surface area (Å²) in [5.74, 6) is -1.51. The summed E-state index contributed by atoms with van der Waals surface area (Å²) in [6.07, 6.45) is 0. The van der Waals surface area contributed by atoms with E-state index in [1.165, 1.54) is 0 Å². The Bertz CT molecular complexity index is 692. The van der Waals surface area contributed by atoms with E-state index in [2.05, 4.69) is 16.0 Å². The molecule has 0 heterocycles. The maximum atomic E-state index is 10.1. The third-order valence-electron chi connectivity index (χ3n) is 2.34. The number of nitrogens with one attached hydrogen (secondary N) is 3. The zero-order chi connectivity index (χ0) is 25.2. The van der Waals surface area contributed by atoms with Crippen LogP contribution in [0.3, 0.4) is 0 Å². The second-order valence-electron chi connectivity index (χ2n) is 9.39. The summed E-state index contributed by atoms with van der Waals surface area (Å²) in [4.78, 5) is 0. The zero-order valence-electron chi connectivity index (χ0n) is 22.0. The van der Waals surface area contributed by atoms with E-state index in [1.54, 1.807) is 62.3 Å². The van der Waals surface area contributed by atoms with Crippen LogP contribution in [-0.2, 0) is 30.4 Å². The molecule has 33 heavy (non-hydrogen) atoms. The van der Waals surface area contributed by atoms with Crippen molar-refractivity contribution in [3.8, 4) is 0 Å². The fourth-order valence-electron chi connectivity index (χ4n) is 0.915. The molecule has 0 aromatic carbocycles. The average molecular weight is 568 g/mol. The molecule has 0 atom stereocenters. The summed E-state index contributed by atoms with van der Waals surface area (Å²) >= 11 is 0. The van der Waals surface area contributed by atoms with Crippen LogP contribution in [0.2, 0.25) is 0 Å². The van der Waals surface area contributed by atoms with Gasteiger partial charge in [-0.25, -0.2) is 25.3 Å². The Morgan fingerprint density at radius 3 is 0.606 bits per heavy atom. The first-order valence-corrected chi connectivity index (χ1v) is 13.4. The van der Waals surface area contributed by atoms with E-state index < -0.39 is 48.0 Å². The fourth-order valence-corrected chi connectivity index (χ4v) is 2.74. The fraction of sp³-hybridized carbons (Fsp3) is 1.00. The third-order valence-corrected chi connectivity index (χ3v) is 3.83. The Morgan fingerprint density at radius 2 is 0.576 bits per heavy atom. The van der Waals surface area contributed by atoms with E-state index in [0.717, 1.165) is 0 Å². The molecular weight excluding hydrogens is 531 g/mol. The van der Waals surface area contributed by atoms with Crippen molar-refractivity contribution < 1.29 is 128 Å². The maximum Gasteiger partial charge on any atom is 1.00 e. The summed E-state index contributed by atoms with van der Waals surface area (Å²) < 4.78 is 90.5. The minimum absolute atomic E-state index is 0. The van der Waals surface area contributed by atoms with Gasteiger partial charge in [0, 0.05) is 16.6 Å². The second kappa shape index (κ2) is 19.6. The molecule has 0 unspecified atom stereocenters. The van der Waals surface area contributed by atoms with E-state index in [1.807, 2.05) is 0 Å². The van der Waals surface area contributed by atoms with E-state index >= 15 is 0 Å². The van der Waals surface area contributed by atoms with E-state index in [4.69, 9.17) is 0 Å². The molecule has 0 saturated heterocycles. The Morgan fingerprint density at radius 1 is 0.455 bits per heavy atom. The van der Waals surface area contributed by atoms with Crippen LogP contribution in [0.25, 0.3) is 0 Å². The van der Waals surface area contributed by atoms with Gasteiger partial charge in [0.05, 0.1) is 17.6 Å². The topological polar surface area (TPSA) is 208 Å². The van der Waals surface area contributed by atoms with Gasteiger partial charge in [0.1, 0.15) is 30.4 Å². The monoisotopic (exact) mass is 567 g/mol. The van der Waals surface area contributed by atoms with Crippen LogP contribution < -0.4 is 105 Å². The first-order valence-electron chi connectivity index (χ1n) is 8.68. The standard InChI is InChI=1S/3C5H13NO3S.3Na/c3*1-5(2,3)6-4-10(7,8)9;;;/h3*6H,4H2,1-3H3,(H,7,8,9);;;/q;;;3*+1/p-3. The number of hydrogen-bond acceptors (Lipinski definition) is 12. The molecule has 0 bridgehead atoms. The molecule has 186 valence electrons. The van der Waals surface area contributed by atoms with Gasteiger partial charge in [-0.2, -0.15) is 0 Å². The van der Waals surface area contributed by atoms with E-state index in [9.17, 15) is 38.9 Å². The minimum atomic E-state index is -4.12. The first kappa shape index (κ1) is 48.7. The molecule has 12 nitrogen and oxygen atoms in total. The molecule has 0 spiro atoms. The molecule has 0 radical (unpaired) electrons. The Kier molecular flexibility index (Phi) is 29.0. The van der Waals surface area contributed by atoms with Crippen molar-refractivity contribution in [1.29, 1.82) is 0 Å². The summed E-state index contributed by atoms with van der Waals surface area (Å²) in [6, 6.07) is 0. The molecule has 0 aromatic heterocycles. The maximum absolute atomic E-state index is 10.1. The predicted octanol–water partition coefficient (Wildman–Crippen LogP) is -9.36. The van der Waals surface area contributed by atoms with Crippen LogP contribution in [-0.4, -0.2) is 73.2 Å². The third kappa shape index (κ3) is 66.0. The van der Waals surface area contributed by atoms with Crippen molar-refractivity contribution in [2.24, 2.45) is 0 Å². The van der Waals surface area contributed by atoms with Crippen molar-refractivity contribution in [3.05, 3.63) is 0 Å². The predicted molar refractivity (Wildman–Crippen MR) is 112 cm³/mol. The molecule has 0 aliphatic rings. The normalized spacial score (nSPS) is 12.4. The van der Waals surface area contributed by atoms with Crippen LogP contribution >= 0.6 is 0 Å². The van der Waals surface area contributed by atoms with Crippen molar-refractivity contribution in [3.63, 3.8) is 0 Å². The van der Waals surface area contributed by atoms with Gasteiger partial charge < -0.3 is 13.7 Å². The molecule has 3 N–H and O–H groups in total. The van der Waals surface area contributed by atoms with E-state index in [-0.39, 0.29) is 105 Å². The quantitative estimate of drug-likeness (QED) is 0.202. The molecule has 0 fully saturated rings. The Hall–Kier alpha value is 2.61. The van der Waals surface area contributed by atoms with Gasteiger partial charge in [-0.15, -0.1) is 0 Å². The first-order chi connectivity index (χ1) is 12.6. The number of rotatable bonds is 6. The van der Waals surface area contributed by atoms with Crippen molar-refractivity contribution in [2.45, 2.75) is 78.9 Å². The smallest absolute Gasteiger partial charge is 0.747 e. The number of hydrogen-bond donors (Lipinski definition) is 3. The Balaban J connectivity index is -0.0000000792. The molecule has 0 amide bonds. The zero-order valence-corrected chi connectivity index (χ0v) is 30.5. The van der Waals surface area contributed by atoms with Gasteiger partial charge in [0.25, 0.3) is 0 Å². The van der Waals surface area contributed by atoms with Crippen LogP contribution in [0.4, 0.5) is 0 Å². The molecular formula is C15H36N3Na3O9S3. The molecule has 0 aliphatic heterocycles. The van der Waals surface area contributed by atoms with E-state index in [0.29, 0.717) is 0 Å². The molecule has 0 saturated carbocycles. The van der Waals surface area contributed by atoms with Crippen molar-refractivity contribution in [2.75, 3.05) is 17.6 Å². The van der Waals surface area contributed by atoms with Crippen LogP contribution in [0.15, 0.2) is 0 Å². The Labute approximate surface area is 267 Å². The summed E-state index contributed by atoms with van der Waals surface area (Å²) in [5.41, 5.74) is -0.966. The molecule has 0 rings (SSSR count). The van der Waals surface area contributed by atoms with Gasteiger partial charge in [0.15, 0.2) is 0 Å². The van der Waals surface area contributed by atoms with Gasteiger partial charge in [-0.05, 0) is 62.3 Å². The van der Waals surface area contributed by atoms with Gasteiger partial charge in [-0.3, -0.25) is 16.0 Å². The average Bonchev–Trinajstić information content (AvgIpc) is 2.38. The van der Waals surface area contributed by atoms with Gasteiger partial charge in [0.2, 0.25) is 0 Å². The van der Waals surface area contributed by atoms with Crippen molar-refractivity contribution in [1.82, 2.24) is 16.0 Å². The molecule has 0 aliphatic carbocycles. The SMILES string of the molecule is CC(C)(C)NCS(=O)(=O)[O-].CC(C)(C)NCS(=O)(=O)[O-].CC(C)(C)NCS(=O)(=O)[O-].[Na+].[Na+].[Na+]. The van der Waals surface area contributed by atoms with Gasteiger partial charge >= 0.3 is 88.7 Å². The largest absolute Gasteiger partial charge is 1.00 e.